The van der Waals surface area contributed by atoms with Crippen LogP contribution in [0.25, 0.3) is 0 Å². The molecule has 1 atom stereocenters. The van der Waals surface area contributed by atoms with Crippen LogP contribution in [0.15, 0.2) is 182 Å². The highest BCUT2D eigenvalue weighted by atomic mass is 28.4. The number of hydrogen-bond donors (Lipinski definition) is 0. The zero-order valence-electron chi connectivity index (χ0n) is 43.9. The van der Waals surface area contributed by atoms with E-state index in [1.54, 1.807) is 49.8 Å². The van der Waals surface area contributed by atoms with Crippen LogP contribution in [0.5, 0.6) is 0 Å². The molecule has 1 fully saturated rings. The number of hydrogen-bond acceptors (Lipinski definition) is 10. The van der Waals surface area contributed by atoms with Crippen molar-refractivity contribution in [3.63, 3.8) is 0 Å². The van der Waals surface area contributed by atoms with Gasteiger partial charge in [-0.1, -0.05) is 222 Å². The lowest BCUT2D eigenvalue weighted by Crippen LogP contribution is -2.74. The Kier molecular flexibility index (Phi) is 24.3. The quantitative estimate of drug-likeness (QED) is 0.0513. The molecular weight excluding hydrogens is 969 g/mol. The highest BCUT2D eigenvalue weighted by Crippen LogP contribution is 2.60. The minimum absolute atomic E-state index is 0. The second-order valence-corrected chi connectivity index (χ2v) is 23.9. The molecule has 0 aliphatic heterocycles. The van der Waals surface area contributed by atoms with Crippen molar-refractivity contribution in [1.29, 1.82) is 0 Å². The average Bonchev–Trinajstić information content (AvgIpc) is 3.42. The topological polar surface area (TPSA) is 92.3 Å². The van der Waals surface area contributed by atoms with E-state index in [-0.39, 0.29) is 16.9 Å². The molecule has 6 aromatic carbocycles. The van der Waals surface area contributed by atoms with Crippen molar-refractivity contribution in [2.45, 2.75) is 82.2 Å². The Hall–Kier alpha value is -4.21. The van der Waals surface area contributed by atoms with Crippen molar-refractivity contribution in [2.75, 3.05) is 49.8 Å². The van der Waals surface area contributed by atoms with Crippen molar-refractivity contribution >= 4 is 39.8 Å². The van der Waals surface area contributed by atoms with Crippen LogP contribution >= 0.6 is 0 Å². The first-order valence-corrected chi connectivity index (χ1v) is 28.5. The maximum absolute atomic E-state index is 8.74. The Morgan fingerprint density at radius 3 is 0.986 bits per heavy atom. The molecule has 10 nitrogen and oxygen atoms in total. The summed E-state index contributed by atoms with van der Waals surface area (Å²) in [7, 11) is 5.56. The predicted octanol–water partition coefficient (Wildman–Crippen LogP) is 9.69. The van der Waals surface area contributed by atoms with Gasteiger partial charge in [0.05, 0.1) is 5.04 Å². The monoisotopic (exact) mass is 1050 g/mol. The summed E-state index contributed by atoms with van der Waals surface area (Å²) in [6, 6.07) is 62.9. The highest BCUT2D eigenvalue weighted by Gasteiger charge is 2.74. The van der Waals surface area contributed by atoms with Gasteiger partial charge in [-0.05, 0) is 57.4 Å². The molecule has 1 aliphatic rings. The molecule has 0 amide bonds. The Bertz CT molecular complexity index is 2230. The van der Waals surface area contributed by atoms with Gasteiger partial charge < -0.3 is 45.2 Å². The van der Waals surface area contributed by atoms with E-state index in [9.17, 15) is 0 Å². The summed E-state index contributed by atoms with van der Waals surface area (Å²) in [6.45, 7) is 8.53. The average molecular weight is 1050 g/mol. The number of rotatable bonds is 21. The number of benzene rings is 6. The minimum Gasteiger partial charge on any atom is -0.402 e. The predicted molar refractivity (Wildman–Crippen MR) is 302 cm³/mol. The fourth-order valence-corrected chi connectivity index (χ4v) is 15.3. The summed E-state index contributed by atoms with van der Waals surface area (Å²) in [4.78, 5) is 0. The smallest absolute Gasteiger partial charge is 0.402 e. The number of methoxy groups -OCH3 is 3. The lowest BCUT2D eigenvalue weighted by atomic mass is 9.68. The lowest BCUT2D eigenvalue weighted by molar-refractivity contribution is -0.341. The van der Waals surface area contributed by atoms with Gasteiger partial charge in [-0.3, -0.25) is 0 Å². The van der Waals surface area contributed by atoms with Crippen LogP contribution in [0.2, 0.25) is 0 Å². The molecule has 0 radical (unpaired) electrons. The van der Waals surface area contributed by atoms with Crippen molar-refractivity contribution in [2.24, 2.45) is 11.3 Å². The molecule has 1 aliphatic carbocycles. The Morgan fingerprint density at radius 2 is 0.708 bits per heavy atom. The molecular formula is C58H82O10Si4. The van der Waals surface area contributed by atoms with Crippen LogP contribution in [-0.4, -0.2) is 95.5 Å². The summed E-state index contributed by atoms with van der Waals surface area (Å²) in [5, 5.41) is -1.10. The zero-order valence-corrected chi connectivity index (χ0v) is 47.8. The van der Waals surface area contributed by atoms with E-state index in [2.05, 4.69) is 172 Å². The first kappa shape index (κ1) is 60.3. The third-order valence-electron chi connectivity index (χ3n) is 13.3. The second kappa shape index (κ2) is 29.0. The lowest BCUT2D eigenvalue weighted by Gasteiger charge is -2.59. The van der Waals surface area contributed by atoms with Crippen LogP contribution < -0.4 is 0 Å². The molecule has 0 saturated heterocycles. The minimum atomic E-state index is -4.83. The van der Waals surface area contributed by atoms with Gasteiger partial charge in [-0.2, -0.15) is 0 Å². The third kappa shape index (κ3) is 13.5. The normalized spacial score (nSPS) is 14.4. The van der Waals surface area contributed by atoms with Gasteiger partial charge >= 0.3 is 28.8 Å². The van der Waals surface area contributed by atoms with Crippen LogP contribution in [0.4, 0.5) is 0 Å². The zero-order chi connectivity index (χ0) is 51.3. The molecule has 1 unspecified atom stereocenters. The molecule has 6 aromatic rings. The summed E-state index contributed by atoms with van der Waals surface area (Å²) < 4.78 is 63.4. The fraction of sp³-hybridized carbons (Fsp3) is 0.379. The van der Waals surface area contributed by atoms with Crippen LogP contribution in [0, 0.1) is 11.3 Å². The molecule has 0 bridgehead atoms. The van der Waals surface area contributed by atoms with E-state index in [1.807, 2.05) is 55.5 Å². The molecule has 0 N–H and O–H groups in total. The van der Waals surface area contributed by atoms with Crippen molar-refractivity contribution in [3.05, 3.63) is 215 Å². The van der Waals surface area contributed by atoms with Crippen LogP contribution in [0.1, 0.15) is 93.2 Å². The third-order valence-corrected chi connectivity index (χ3v) is 17.9. The molecule has 14 heteroatoms. The molecule has 390 valence electrons. The van der Waals surface area contributed by atoms with Gasteiger partial charge in [0.25, 0.3) is 5.97 Å². The van der Waals surface area contributed by atoms with Crippen LogP contribution in [0.3, 0.4) is 0 Å². The van der Waals surface area contributed by atoms with Gasteiger partial charge in [-0.25, -0.2) is 0 Å². The Morgan fingerprint density at radius 1 is 0.389 bits per heavy atom. The van der Waals surface area contributed by atoms with Gasteiger partial charge in [0, 0.05) is 67.8 Å². The first-order valence-electron chi connectivity index (χ1n) is 24.4. The van der Waals surface area contributed by atoms with Crippen molar-refractivity contribution in [1.82, 2.24) is 0 Å². The van der Waals surface area contributed by atoms with Crippen molar-refractivity contribution < 1.29 is 45.2 Å². The van der Waals surface area contributed by atoms with Gasteiger partial charge in [0.15, 0.2) is 0 Å². The molecule has 0 heterocycles. The van der Waals surface area contributed by atoms with Gasteiger partial charge in [-0.15, -0.1) is 0 Å². The largest absolute Gasteiger partial charge is 0.524 e. The molecule has 7 rings (SSSR count). The fourth-order valence-electron chi connectivity index (χ4n) is 10.0. The maximum Gasteiger partial charge on any atom is 0.524 e. The Balaban J connectivity index is 0.000000932. The molecule has 0 spiro atoms. The van der Waals surface area contributed by atoms with Crippen molar-refractivity contribution in [3.8, 4) is 0 Å². The van der Waals surface area contributed by atoms with Gasteiger partial charge in [0.1, 0.15) is 5.60 Å². The molecule has 1 saturated carbocycles. The van der Waals surface area contributed by atoms with Crippen LogP contribution in [-0.2, 0) is 61.6 Å². The molecule has 72 heavy (non-hydrogen) atoms. The second-order valence-electron chi connectivity index (χ2n) is 18.6. The summed E-state index contributed by atoms with van der Waals surface area (Å²) in [6.07, 6.45) is 5.02. The van der Waals surface area contributed by atoms with E-state index in [0.29, 0.717) is 0 Å². The summed E-state index contributed by atoms with van der Waals surface area (Å²) >= 11 is 0. The van der Waals surface area contributed by atoms with E-state index in [0.717, 1.165) is 65.5 Å². The van der Waals surface area contributed by atoms with E-state index >= 15 is 0 Å². The summed E-state index contributed by atoms with van der Waals surface area (Å²) in [5.41, 5.74) is 3.67. The van der Waals surface area contributed by atoms with E-state index in [4.69, 9.17) is 27.5 Å². The highest BCUT2D eigenvalue weighted by molar-refractivity contribution is 6.66. The van der Waals surface area contributed by atoms with E-state index < -0.39 is 56.6 Å². The Labute approximate surface area is 441 Å². The maximum atomic E-state index is 8.74. The first-order chi connectivity index (χ1) is 34.4. The number of ether oxygens (including phenoxy) is 3. The van der Waals surface area contributed by atoms with Gasteiger partial charge in [0.2, 0.25) is 5.79 Å². The summed E-state index contributed by atoms with van der Waals surface area (Å²) in [5.74, 6) is -3.27. The standard InChI is InChI=1S/C54H62O6Si.2C2H8O2Si.H4Si/c1-50(2,3)53(46-35-21-11-22-36-46,47-37-23-12-24-38-47)59-61(58-51(4,55-5)56-6,60-54(57-7,48-39-25-13-26-40-48)49-41-27-14-28-42-49)52(43-29-15-8-16-30-43,44-31-17-9-18-32-44)45-33-19-10-20-34-45;2*1-3-5-4-2;/h8-9,11-18,21-32,35-42,45H,10,19-20,33-34H2,1-7H3;2*5H2,1-2H3;1H4. The SMILES string of the molecule is COC(C)(OC)O[Si](OC(OC)(c1ccccc1)c1ccccc1)(OC(c1ccccc1)(c1ccccc1)C(C)(C)C)C(c1ccccc1)(c1ccccc1)C1CCCCC1.CO[SiH2]OC.CO[SiH2]OC.[SiH4]. The van der Waals surface area contributed by atoms with E-state index in [1.165, 1.54) is 0 Å². The molecule has 0 aromatic heterocycles.